The van der Waals surface area contributed by atoms with Gasteiger partial charge in [0, 0.05) is 20.6 Å². The fourth-order valence-corrected chi connectivity index (χ4v) is 3.83. The van der Waals surface area contributed by atoms with Crippen molar-refractivity contribution in [2.24, 2.45) is 17.3 Å². The number of fused-ring (bicyclic) bond motifs is 1. The lowest BCUT2D eigenvalue weighted by Crippen LogP contribution is -2.48. The summed E-state index contributed by atoms with van der Waals surface area (Å²) < 4.78 is 27.0. The SMILES string of the molecule is CN(C)S(=O)(=O)NCCC1=CC[C@H]2C[C@@H]1C2(C)C. The predicted molar refractivity (Wildman–Crippen MR) is 73.3 cm³/mol. The lowest BCUT2D eigenvalue weighted by Gasteiger charge is -2.56. The van der Waals surface area contributed by atoms with E-state index in [1.807, 2.05) is 0 Å². The maximum absolute atomic E-state index is 11.6. The van der Waals surface area contributed by atoms with Crippen LogP contribution in [0.4, 0.5) is 0 Å². The van der Waals surface area contributed by atoms with E-state index in [0.717, 1.165) is 12.3 Å². The van der Waals surface area contributed by atoms with Gasteiger partial charge in [0.25, 0.3) is 10.2 Å². The van der Waals surface area contributed by atoms with Crippen molar-refractivity contribution < 1.29 is 8.42 Å². The van der Waals surface area contributed by atoms with Crippen LogP contribution in [0.1, 0.15) is 33.1 Å². The molecule has 0 aromatic carbocycles. The summed E-state index contributed by atoms with van der Waals surface area (Å²) in [6.07, 6.45) is 5.63. The molecule has 104 valence electrons. The molecule has 0 heterocycles. The molecule has 0 spiro atoms. The molecule has 0 aromatic heterocycles. The van der Waals surface area contributed by atoms with Crippen LogP contribution in [-0.4, -0.2) is 33.4 Å². The van der Waals surface area contributed by atoms with Gasteiger partial charge < -0.3 is 0 Å². The van der Waals surface area contributed by atoms with Crippen molar-refractivity contribution in [2.75, 3.05) is 20.6 Å². The van der Waals surface area contributed by atoms with Gasteiger partial charge in [-0.3, -0.25) is 0 Å². The van der Waals surface area contributed by atoms with Gasteiger partial charge in [-0.05, 0) is 36.5 Å². The summed E-state index contributed by atoms with van der Waals surface area (Å²) in [5.74, 6) is 1.50. The third-order valence-corrected chi connectivity index (χ3v) is 6.29. The average molecular weight is 272 g/mol. The summed E-state index contributed by atoms with van der Waals surface area (Å²) in [6.45, 7) is 5.18. The van der Waals surface area contributed by atoms with Gasteiger partial charge in [0.05, 0.1) is 0 Å². The van der Waals surface area contributed by atoms with Gasteiger partial charge >= 0.3 is 0 Å². The molecule has 1 fully saturated rings. The maximum Gasteiger partial charge on any atom is 0.278 e. The molecule has 3 aliphatic carbocycles. The van der Waals surface area contributed by atoms with E-state index in [4.69, 9.17) is 0 Å². The highest BCUT2D eigenvalue weighted by molar-refractivity contribution is 7.87. The van der Waals surface area contributed by atoms with Crippen molar-refractivity contribution in [2.45, 2.75) is 33.1 Å². The lowest BCUT2D eigenvalue weighted by atomic mass is 9.48. The minimum Gasteiger partial charge on any atom is -0.202 e. The zero-order chi connectivity index (χ0) is 13.6. The first-order valence-electron chi connectivity index (χ1n) is 6.61. The van der Waals surface area contributed by atoms with E-state index in [2.05, 4.69) is 24.6 Å². The second-order valence-electron chi connectivity index (χ2n) is 6.25. The molecule has 0 unspecified atom stereocenters. The fourth-order valence-electron chi connectivity index (χ4n) is 3.21. The van der Waals surface area contributed by atoms with Crippen LogP contribution in [0.15, 0.2) is 11.6 Å². The summed E-state index contributed by atoms with van der Waals surface area (Å²) in [5.41, 5.74) is 1.87. The van der Waals surface area contributed by atoms with Gasteiger partial charge in [0.1, 0.15) is 0 Å². The number of rotatable bonds is 5. The van der Waals surface area contributed by atoms with Crippen molar-refractivity contribution in [3.63, 3.8) is 0 Å². The molecule has 2 atom stereocenters. The van der Waals surface area contributed by atoms with Crippen molar-refractivity contribution >= 4 is 10.2 Å². The Morgan fingerprint density at radius 1 is 1.44 bits per heavy atom. The third kappa shape index (κ3) is 2.36. The minimum atomic E-state index is -3.28. The summed E-state index contributed by atoms with van der Waals surface area (Å²) >= 11 is 0. The molecule has 18 heavy (non-hydrogen) atoms. The first-order chi connectivity index (χ1) is 8.25. The van der Waals surface area contributed by atoms with E-state index in [1.54, 1.807) is 14.1 Å². The van der Waals surface area contributed by atoms with E-state index in [9.17, 15) is 8.42 Å². The molecule has 5 heteroatoms. The topological polar surface area (TPSA) is 49.4 Å². The molecule has 0 radical (unpaired) electrons. The van der Waals surface area contributed by atoms with Gasteiger partial charge in [-0.25, -0.2) is 4.72 Å². The standard InChI is InChI=1S/C13H24N2O2S/c1-13(2)11-6-5-10(12(13)9-11)7-8-14-18(16,17)15(3)4/h5,11-12,14H,6-9H2,1-4H3/t11-,12-/m0/s1. The van der Waals surface area contributed by atoms with Gasteiger partial charge in [-0.2, -0.15) is 12.7 Å². The van der Waals surface area contributed by atoms with Crippen molar-refractivity contribution in [1.82, 2.24) is 9.03 Å². The van der Waals surface area contributed by atoms with Crippen LogP contribution in [-0.2, 0) is 10.2 Å². The van der Waals surface area contributed by atoms with Crippen LogP contribution in [0.3, 0.4) is 0 Å². The molecule has 0 aromatic rings. The second kappa shape index (κ2) is 4.62. The normalized spacial score (nSPS) is 29.9. The van der Waals surface area contributed by atoms with Gasteiger partial charge in [0.15, 0.2) is 0 Å². The third-order valence-electron chi connectivity index (χ3n) is 4.76. The number of nitrogens with zero attached hydrogens (tertiary/aromatic N) is 1. The van der Waals surface area contributed by atoms with Crippen LogP contribution < -0.4 is 4.72 Å². The Morgan fingerprint density at radius 2 is 2.11 bits per heavy atom. The highest BCUT2D eigenvalue weighted by Crippen LogP contribution is 2.59. The lowest BCUT2D eigenvalue weighted by molar-refractivity contribution is -0.00804. The molecule has 2 bridgehead atoms. The first kappa shape index (κ1) is 14.0. The van der Waals surface area contributed by atoms with Gasteiger partial charge in [0.2, 0.25) is 0 Å². The number of hydrogen-bond donors (Lipinski definition) is 1. The molecule has 0 amide bonds. The van der Waals surface area contributed by atoms with E-state index < -0.39 is 10.2 Å². The summed E-state index contributed by atoms with van der Waals surface area (Å²) in [5, 5.41) is 0. The predicted octanol–water partition coefficient (Wildman–Crippen LogP) is 1.76. The molecule has 3 aliphatic rings. The smallest absolute Gasteiger partial charge is 0.202 e. The molecule has 3 rings (SSSR count). The molecule has 0 aliphatic heterocycles. The highest BCUT2D eigenvalue weighted by Gasteiger charge is 2.50. The summed E-state index contributed by atoms with van der Waals surface area (Å²) in [4.78, 5) is 0. The molecule has 0 saturated heterocycles. The molecular formula is C13H24N2O2S. The number of hydrogen-bond acceptors (Lipinski definition) is 2. The van der Waals surface area contributed by atoms with Gasteiger partial charge in [-0.1, -0.05) is 25.5 Å². The summed E-state index contributed by atoms with van der Waals surface area (Å²) in [7, 11) is -0.189. The van der Waals surface area contributed by atoms with Crippen molar-refractivity contribution in [1.29, 1.82) is 0 Å². The Hall–Kier alpha value is -0.390. The molecule has 4 nitrogen and oxygen atoms in total. The average Bonchev–Trinajstić information content (AvgIpc) is 2.28. The quantitative estimate of drug-likeness (QED) is 0.775. The first-order valence-corrected chi connectivity index (χ1v) is 8.05. The maximum atomic E-state index is 11.6. The van der Waals surface area contributed by atoms with E-state index in [1.165, 1.54) is 22.7 Å². The van der Waals surface area contributed by atoms with Crippen molar-refractivity contribution in [3.05, 3.63) is 11.6 Å². The second-order valence-corrected chi connectivity index (χ2v) is 8.22. The van der Waals surface area contributed by atoms with E-state index in [0.29, 0.717) is 17.9 Å². The van der Waals surface area contributed by atoms with Crippen LogP contribution >= 0.6 is 0 Å². The number of allylic oxidation sites excluding steroid dienone is 1. The van der Waals surface area contributed by atoms with E-state index >= 15 is 0 Å². The zero-order valence-electron chi connectivity index (χ0n) is 11.7. The van der Waals surface area contributed by atoms with Crippen molar-refractivity contribution in [3.8, 4) is 0 Å². The van der Waals surface area contributed by atoms with Crippen LogP contribution in [0.2, 0.25) is 0 Å². The largest absolute Gasteiger partial charge is 0.278 e. The van der Waals surface area contributed by atoms with Crippen LogP contribution in [0.25, 0.3) is 0 Å². The Morgan fingerprint density at radius 3 is 2.61 bits per heavy atom. The number of nitrogens with one attached hydrogen (secondary N) is 1. The van der Waals surface area contributed by atoms with E-state index in [-0.39, 0.29) is 0 Å². The van der Waals surface area contributed by atoms with Crippen LogP contribution in [0, 0.1) is 17.3 Å². The Labute approximate surface area is 111 Å². The highest BCUT2D eigenvalue weighted by atomic mass is 32.2. The molecular weight excluding hydrogens is 248 g/mol. The molecule has 1 saturated carbocycles. The minimum absolute atomic E-state index is 0.421. The summed E-state index contributed by atoms with van der Waals surface area (Å²) in [6, 6.07) is 0. The fraction of sp³-hybridized carbons (Fsp3) is 0.846. The van der Waals surface area contributed by atoms with Crippen LogP contribution in [0.5, 0.6) is 0 Å². The Balaban J connectivity index is 1.87. The zero-order valence-corrected chi connectivity index (χ0v) is 12.5. The van der Waals surface area contributed by atoms with Gasteiger partial charge in [-0.15, -0.1) is 0 Å². The monoisotopic (exact) mass is 272 g/mol. The Bertz CT molecular complexity index is 452. The Kier molecular flexibility index (Phi) is 3.60. The molecule has 1 N–H and O–H groups in total.